The van der Waals surface area contributed by atoms with Crippen LogP contribution in [0.5, 0.6) is 5.75 Å². The van der Waals surface area contributed by atoms with Gasteiger partial charge in [-0.1, -0.05) is 0 Å². The lowest BCUT2D eigenvalue weighted by molar-refractivity contribution is 0.0661. The van der Waals surface area contributed by atoms with Gasteiger partial charge < -0.3 is 19.6 Å². The zero-order valence-electron chi connectivity index (χ0n) is 11.1. The van der Waals surface area contributed by atoms with Crippen LogP contribution in [0.4, 0.5) is 10.1 Å². The molecule has 0 amide bonds. The number of hydrogen-bond acceptors (Lipinski definition) is 4. The minimum atomic E-state index is -1.13. The largest absolute Gasteiger partial charge is 0.497 e. The molecule has 0 atom stereocenters. The summed E-state index contributed by atoms with van der Waals surface area (Å²) in [7, 11) is 1.50. The SMILES string of the molecule is COc1ccc(F)c(NCc2cc(C(=O)O)oc2C)c1. The van der Waals surface area contributed by atoms with Gasteiger partial charge in [-0.25, -0.2) is 9.18 Å². The molecular formula is C14H14FNO4. The summed E-state index contributed by atoms with van der Waals surface area (Å²) < 4.78 is 23.7. The molecule has 1 aromatic carbocycles. The van der Waals surface area contributed by atoms with E-state index in [0.717, 1.165) is 0 Å². The molecule has 2 rings (SSSR count). The molecule has 0 unspecified atom stereocenters. The fourth-order valence-electron chi connectivity index (χ4n) is 1.76. The van der Waals surface area contributed by atoms with Crippen LogP contribution in [0.2, 0.25) is 0 Å². The minimum absolute atomic E-state index is 0.134. The summed E-state index contributed by atoms with van der Waals surface area (Å²) >= 11 is 0. The maximum atomic E-state index is 13.6. The van der Waals surface area contributed by atoms with Crippen LogP contribution in [-0.4, -0.2) is 18.2 Å². The number of ether oxygens (including phenoxy) is 1. The minimum Gasteiger partial charge on any atom is -0.497 e. The summed E-state index contributed by atoms with van der Waals surface area (Å²) in [4.78, 5) is 10.8. The van der Waals surface area contributed by atoms with Crippen molar-refractivity contribution in [2.24, 2.45) is 0 Å². The van der Waals surface area contributed by atoms with Gasteiger partial charge in [-0.3, -0.25) is 0 Å². The smallest absolute Gasteiger partial charge is 0.371 e. The number of anilines is 1. The topological polar surface area (TPSA) is 71.7 Å². The molecule has 0 spiro atoms. The number of hydrogen-bond donors (Lipinski definition) is 2. The van der Waals surface area contributed by atoms with E-state index in [1.165, 1.54) is 31.4 Å². The van der Waals surface area contributed by atoms with E-state index in [2.05, 4.69) is 5.32 Å². The lowest BCUT2D eigenvalue weighted by atomic mass is 10.2. The first-order chi connectivity index (χ1) is 9.51. The van der Waals surface area contributed by atoms with Crippen molar-refractivity contribution in [2.45, 2.75) is 13.5 Å². The predicted molar refractivity (Wildman–Crippen MR) is 70.7 cm³/mol. The van der Waals surface area contributed by atoms with Gasteiger partial charge in [-0.2, -0.15) is 0 Å². The van der Waals surface area contributed by atoms with Crippen LogP contribution < -0.4 is 10.1 Å². The molecule has 0 aliphatic heterocycles. The van der Waals surface area contributed by atoms with E-state index < -0.39 is 11.8 Å². The van der Waals surface area contributed by atoms with Crippen LogP contribution in [0.25, 0.3) is 0 Å². The van der Waals surface area contributed by atoms with E-state index in [0.29, 0.717) is 17.1 Å². The van der Waals surface area contributed by atoms with Crippen LogP contribution in [0, 0.1) is 12.7 Å². The number of aromatic carboxylic acids is 1. The quantitative estimate of drug-likeness (QED) is 0.880. The maximum absolute atomic E-state index is 13.6. The first kappa shape index (κ1) is 13.9. The predicted octanol–water partition coefficient (Wildman–Crippen LogP) is 3.05. The molecule has 0 saturated carbocycles. The Labute approximate surface area is 115 Å². The van der Waals surface area contributed by atoms with Gasteiger partial charge in [0.05, 0.1) is 12.8 Å². The van der Waals surface area contributed by atoms with E-state index in [9.17, 15) is 9.18 Å². The van der Waals surface area contributed by atoms with Crippen molar-refractivity contribution in [1.82, 2.24) is 0 Å². The van der Waals surface area contributed by atoms with Crippen LogP contribution in [0.15, 0.2) is 28.7 Å². The number of methoxy groups -OCH3 is 1. The Bertz CT molecular complexity index is 636. The van der Waals surface area contributed by atoms with E-state index in [4.69, 9.17) is 14.3 Å². The third kappa shape index (κ3) is 2.90. The van der Waals surface area contributed by atoms with Gasteiger partial charge in [0.2, 0.25) is 5.76 Å². The lowest BCUT2D eigenvalue weighted by Crippen LogP contribution is -2.02. The molecule has 6 heteroatoms. The number of benzene rings is 1. The molecule has 1 heterocycles. The first-order valence-corrected chi connectivity index (χ1v) is 5.91. The third-order valence-corrected chi connectivity index (χ3v) is 2.87. The Kier molecular flexibility index (Phi) is 3.93. The monoisotopic (exact) mass is 279 g/mol. The van der Waals surface area contributed by atoms with Crippen molar-refractivity contribution < 1.29 is 23.4 Å². The fourth-order valence-corrected chi connectivity index (χ4v) is 1.76. The lowest BCUT2D eigenvalue weighted by Gasteiger charge is -2.08. The van der Waals surface area contributed by atoms with E-state index in [1.807, 2.05) is 0 Å². The summed E-state index contributed by atoms with van der Waals surface area (Å²) in [6.45, 7) is 1.91. The maximum Gasteiger partial charge on any atom is 0.371 e. The number of carboxylic acids is 1. The molecule has 1 aromatic heterocycles. The summed E-state index contributed by atoms with van der Waals surface area (Å²) in [6, 6.07) is 5.77. The van der Waals surface area contributed by atoms with E-state index in [1.54, 1.807) is 6.92 Å². The molecule has 0 fully saturated rings. The normalized spacial score (nSPS) is 10.3. The Balaban J connectivity index is 2.14. The van der Waals surface area contributed by atoms with Crippen LogP contribution in [0.3, 0.4) is 0 Å². The van der Waals surface area contributed by atoms with Gasteiger partial charge in [0.25, 0.3) is 0 Å². The average molecular weight is 279 g/mol. The van der Waals surface area contributed by atoms with Crippen LogP contribution in [0.1, 0.15) is 21.9 Å². The van der Waals surface area contributed by atoms with Gasteiger partial charge in [0.15, 0.2) is 0 Å². The number of halogens is 1. The van der Waals surface area contributed by atoms with Gasteiger partial charge >= 0.3 is 5.97 Å². The van der Waals surface area contributed by atoms with Crippen molar-refractivity contribution in [3.05, 3.63) is 47.2 Å². The molecule has 0 saturated heterocycles. The zero-order chi connectivity index (χ0) is 14.7. The highest BCUT2D eigenvalue weighted by Crippen LogP contribution is 2.23. The Morgan fingerprint density at radius 2 is 2.20 bits per heavy atom. The summed E-state index contributed by atoms with van der Waals surface area (Å²) in [5, 5.41) is 11.7. The second kappa shape index (κ2) is 5.64. The molecule has 0 radical (unpaired) electrons. The summed E-state index contributed by atoms with van der Waals surface area (Å²) in [6.07, 6.45) is 0. The highest BCUT2D eigenvalue weighted by molar-refractivity contribution is 5.84. The highest BCUT2D eigenvalue weighted by atomic mass is 19.1. The van der Waals surface area contributed by atoms with Crippen molar-refractivity contribution in [2.75, 3.05) is 12.4 Å². The summed E-state index contributed by atoms with van der Waals surface area (Å²) in [5.74, 6) is -0.662. The molecule has 106 valence electrons. The van der Waals surface area contributed by atoms with Gasteiger partial charge in [0.1, 0.15) is 17.3 Å². The van der Waals surface area contributed by atoms with Crippen LogP contribution in [-0.2, 0) is 6.54 Å². The van der Waals surface area contributed by atoms with Crippen molar-refractivity contribution >= 4 is 11.7 Å². The molecule has 0 aliphatic carbocycles. The number of rotatable bonds is 5. The average Bonchev–Trinajstić information content (AvgIpc) is 2.79. The van der Waals surface area contributed by atoms with E-state index >= 15 is 0 Å². The Hall–Kier alpha value is -2.50. The number of carbonyl (C=O) groups is 1. The number of aryl methyl sites for hydroxylation is 1. The summed E-state index contributed by atoms with van der Waals surface area (Å²) in [5.41, 5.74) is 0.937. The standard InChI is InChI=1S/C14H14FNO4/c1-8-9(5-13(20-8)14(17)18)7-16-12-6-10(19-2)3-4-11(12)15/h3-6,16H,7H2,1-2H3,(H,17,18). The number of carboxylic acid groups (broad SMARTS) is 1. The second-order valence-electron chi connectivity index (χ2n) is 4.20. The second-order valence-corrected chi connectivity index (χ2v) is 4.20. The van der Waals surface area contributed by atoms with Gasteiger partial charge in [-0.05, 0) is 25.1 Å². The molecule has 2 aromatic rings. The Morgan fingerprint density at radius 1 is 1.45 bits per heavy atom. The third-order valence-electron chi connectivity index (χ3n) is 2.87. The first-order valence-electron chi connectivity index (χ1n) is 5.91. The highest BCUT2D eigenvalue weighted by Gasteiger charge is 2.13. The molecule has 0 aliphatic rings. The van der Waals surface area contributed by atoms with Crippen molar-refractivity contribution in [3.8, 4) is 5.75 Å². The van der Waals surface area contributed by atoms with Crippen LogP contribution >= 0.6 is 0 Å². The molecule has 20 heavy (non-hydrogen) atoms. The van der Waals surface area contributed by atoms with E-state index in [-0.39, 0.29) is 18.0 Å². The van der Waals surface area contributed by atoms with Gasteiger partial charge in [0, 0.05) is 18.2 Å². The zero-order valence-corrected chi connectivity index (χ0v) is 11.1. The van der Waals surface area contributed by atoms with Gasteiger partial charge in [-0.15, -0.1) is 0 Å². The number of nitrogens with one attached hydrogen (secondary N) is 1. The molecule has 0 bridgehead atoms. The number of furan rings is 1. The Morgan fingerprint density at radius 3 is 2.80 bits per heavy atom. The molecule has 5 nitrogen and oxygen atoms in total. The molecular weight excluding hydrogens is 265 g/mol. The van der Waals surface area contributed by atoms with Crippen molar-refractivity contribution in [3.63, 3.8) is 0 Å². The van der Waals surface area contributed by atoms with Crippen molar-refractivity contribution in [1.29, 1.82) is 0 Å². The molecule has 2 N–H and O–H groups in total. The fraction of sp³-hybridized carbons (Fsp3) is 0.214.